The fourth-order valence-corrected chi connectivity index (χ4v) is 2.30. The molecule has 0 aliphatic rings. The van der Waals surface area contributed by atoms with Crippen molar-refractivity contribution >= 4 is 27.5 Å². The minimum Gasteiger partial charge on any atom is -0.436 e. The van der Waals surface area contributed by atoms with E-state index in [1.807, 2.05) is 6.07 Å². The standard InChI is InChI=1S/C14H15BrClN3O/c1-2-5-17-7-11-8-18-9-14(19-11)20-13-4-3-10(15)6-12(13)16/h3-4,6,8-9,17H,2,5,7H2,1H3. The van der Waals surface area contributed by atoms with Crippen molar-refractivity contribution in [1.29, 1.82) is 0 Å². The highest BCUT2D eigenvalue weighted by Gasteiger charge is 2.06. The van der Waals surface area contributed by atoms with Gasteiger partial charge in [-0.3, -0.25) is 4.98 Å². The Balaban J connectivity index is 2.07. The smallest absolute Gasteiger partial charge is 0.238 e. The molecule has 1 heterocycles. The van der Waals surface area contributed by atoms with Crippen LogP contribution in [-0.2, 0) is 6.54 Å². The van der Waals surface area contributed by atoms with E-state index in [0.29, 0.717) is 23.2 Å². The summed E-state index contributed by atoms with van der Waals surface area (Å²) in [6.07, 6.45) is 4.37. The van der Waals surface area contributed by atoms with Crippen LogP contribution in [0.25, 0.3) is 0 Å². The number of nitrogens with zero attached hydrogens (tertiary/aromatic N) is 2. The molecule has 0 radical (unpaired) electrons. The molecular formula is C14H15BrClN3O. The number of hydrogen-bond donors (Lipinski definition) is 1. The Bertz CT molecular complexity index is 580. The predicted molar refractivity (Wildman–Crippen MR) is 83.3 cm³/mol. The molecule has 106 valence electrons. The maximum Gasteiger partial charge on any atom is 0.238 e. The molecule has 1 aromatic heterocycles. The summed E-state index contributed by atoms with van der Waals surface area (Å²) in [7, 11) is 0. The van der Waals surface area contributed by atoms with Crippen LogP contribution in [0.15, 0.2) is 35.1 Å². The lowest BCUT2D eigenvalue weighted by molar-refractivity contribution is 0.456. The molecule has 0 fully saturated rings. The van der Waals surface area contributed by atoms with Crippen molar-refractivity contribution < 1.29 is 4.74 Å². The van der Waals surface area contributed by atoms with Crippen molar-refractivity contribution in [3.8, 4) is 11.6 Å². The van der Waals surface area contributed by atoms with Gasteiger partial charge in [0.15, 0.2) is 0 Å². The van der Waals surface area contributed by atoms with Crippen LogP contribution in [0.5, 0.6) is 11.6 Å². The number of nitrogens with one attached hydrogen (secondary N) is 1. The van der Waals surface area contributed by atoms with E-state index in [9.17, 15) is 0 Å². The third-order valence-corrected chi connectivity index (χ3v) is 3.29. The van der Waals surface area contributed by atoms with E-state index in [1.54, 1.807) is 24.5 Å². The summed E-state index contributed by atoms with van der Waals surface area (Å²) in [6, 6.07) is 5.42. The Morgan fingerprint density at radius 1 is 1.35 bits per heavy atom. The minimum atomic E-state index is 0.435. The van der Waals surface area contributed by atoms with Gasteiger partial charge < -0.3 is 10.1 Å². The third kappa shape index (κ3) is 4.44. The summed E-state index contributed by atoms with van der Waals surface area (Å²) in [5, 5.41) is 3.79. The van der Waals surface area contributed by atoms with E-state index in [-0.39, 0.29) is 0 Å². The number of rotatable bonds is 6. The van der Waals surface area contributed by atoms with Crippen LogP contribution in [-0.4, -0.2) is 16.5 Å². The van der Waals surface area contributed by atoms with E-state index < -0.39 is 0 Å². The first-order chi connectivity index (χ1) is 9.69. The van der Waals surface area contributed by atoms with Gasteiger partial charge in [-0.2, -0.15) is 0 Å². The average Bonchev–Trinajstić information content (AvgIpc) is 2.43. The van der Waals surface area contributed by atoms with Crippen molar-refractivity contribution in [3.05, 3.63) is 45.8 Å². The first kappa shape index (κ1) is 15.2. The second kappa shape index (κ2) is 7.57. The van der Waals surface area contributed by atoms with Crippen LogP contribution in [0, 0.1) is 0 Å². The number of aromatic nitrogens is 2. The molecule has 0 saturated heterocycles. The van der Waals surface area contributed by atoms with E-state index >= 15 is 0 Å². The maximum atomic E-state index is 6.11. The Hall–Kier alpha value is -1.17. The fourth-order valence-electron chi connectivity index (χ4n) is 1.58. The molecule has 1 aromatic carbocycles. The quantitative estimate of drug-likeness (QED) is 0.789. The SMILES string of the molecule is CCCNCc1cncc(Oc2ccc(Br)cc2Cl)n1. The van der Waals surface area contributed by atoms with Gasteiger partial charge in [0, 0.05) is 17.2 Å². The fraction of sp³-hybridized carbons (Fsp3) is 0.286. The molecule has 0 aliphatic heterocycles. The van der Waals surface area contributed by atoms with Gasteiger partial charge in [0.1, 0.15) is 5.75 Å². The zero-order chi connectivity index (χ0) is 14.4. The molecule has 0 bridgehead atoms. The Morgan fingerprint density at radius 2 is 2.20 bits per heavy atom. The number of ether oxygens (including phenoxy) is 1. The summed E-state index contributed by atoms with van der Waals surface area (Å²) >= 11 is 9.46. The molecule has 4 nitrogen and oxygen atoms in total. The van der Waals surface area contributed by atoms with Gasteiger partial charge in [-0.25, -0.2) is 4.98 Å². The van der Waals surface area contributed by atoms with E-state index in [4.69, 9.17) is 16.3 Å². The molecule has 0 spiro atoms. The summed E-state index contributed by atoms with van der Waals surface area (Å²) in [5.41, 5.74) is 0.837. The normalized spacial score (nSPS) is 10.6. The molecule has 2 aromatic rings. The van der Waals surface area contributed by atoms with Crippen molar-refractivity contribution in [1.82, 2.24) is 15.3 Å². The summed E-state index contributed by atoms with van der Waals surface area (Å²) in [4.78, 5) is 8.51. The zero-order valence-electron chi connectivity index (χ0n) is 11.1. The first-order valence-electron chi connectivity index (χ1n) is 6.33. The van der Waals surface area contributed by atoms with E-state index in [0.717, 1.165) is 23.1 Å². The predicted octanol–water partition coefficient (Wildman–Crippen LogP) is 4.18. The number of hydrogen-bond acceptors (Lipinski definition) is 4. The molecular weight excluding hydrogens is 342 g/mol. The topological polar surface area (TPSA) is 47.0 Å². The van der Waals surface area contributed by atoms with Gasteiger partial charge in [0.05, 0.1) is 16.9 Å². The van der Waals surface area contributed by atoms with E-state index in [2.05, 4.69) is 38.1 Å². The monoisotopic (exact) mass is 355 g/mol. The second-order valence-electron chi connectivity index (χ2n) is 4.20. The van der Waals surface area contributed by atoms with Crippen LogP contribution >= 0.6 is 27.5 Å². The number of halogens is 2. The molecule has 20 heavy (non-hydrogen) atoms. The van der Waals surface area contributed by atoms with Gasteiger partial charge in [0.2, 0.25) is 5.88 Å². The lowest BCUT2D eigenvalue weighted by Crippen LogP contribution is -2.15. The molecule has 1 N–H and O–H groups in total. The summed E-state index contributed by atoms with van der Waals surface area (Å²) in [5.74, 6) is 0.993. The molecule has 0 unspecified atom stereocenters. The highest BCUT2D eigenvalue weighted by atomic mass is 79.9. The summed E-state index contributed by atoms with van der Waals surface area (Å²) < 4.78 is 6.56. The van der Waals surface area contributed by atoms with Crippen LogP contribution in [0.1, 0.15) is 19.0 Å². The van der Waals surface area contributed by atoms with Crippen LogP contribution in [0.4, 0.5) is 0 Å². The molecule has 6 heteroatoms. The Kier molecular flexibility index (Phi) is 5.76. The van der Waals surface area contributed by atoms with E-state index in [1.165, 1.54) is 0 Å². The first-order valence-corrected chi connectivity index (χ1v) is 7.50. The highest BCUT2D eigenvalue weighted by molar-refractivity contribution is 9.10. The second-order valence-corrected chi connectivity index (χ2v) is 5.53. The zero-order valence-corrected chi connectivity index (χ0v) is 13.4. The summed E-state index contributed by atoms with van der Waals surface area (Å²) in [6.45, 7) is 3.74. The third-order valence-electron chi connectivity index (χ3n) is 2.50. The molecule has 0 atom stereocenters. The largest absolute Gasteiger partial charge is 0.436 e. The van der Waals surface area contributed by atoms with Gasteiger partial charge >= 0.3 is 0 Å². The molecule has 0 saturated carbocycles. The molecule has 2 rings (SSSR count). The lowest BCUT2D eigenvalue weighted by atomic mass is 10.3. The Labute approximate surface area is 131 Å². The van der Waals surface area contributed by atoms with Gasteiger partial charge in [0.25, 0.3) is 0 Å². The van der Waals surface area contributed by atoms with Crippen LogP contribution < -0.4 is 10.1 Å². The average molecular weight is 357 g/mol. The number of benzene rings is 1. The van der Waals surface area contributed by atoms with Crippen LogP contribution in [0.3, 0.4) is 0 Å². The van der Waals surface area contributed by atoms with Crippen LogP contribution in [0.2, 0.25) is 5.02 Å². The van der Waals surface area contributed by atoms with Crippen molar-refractivity contribution in [2.24, 2.45) is 0 Å². The Morgan fingerprint density at radius 3 is 2.95 bits per heavy atom. The highest BCUT2D eigenvalue weighted by Crippen LogP contribution is 2.30. The molecule has 0 aliphatic carbocycles. The van der Waals surface area contributed by atoms with Gasteiger partial charge in [-0.15, -0.1) is 0 Å². The maximum absolute atomic E-state index is 6.11. The van der Waals surface area contributed by atoms with Crippen molar-refractivity contribution in [3.63, 3.8) is 0 Å². The van der Waals surface area contributed by atoms with Gasteiger partial charge in [-0.05, 0) is 31.2 Å². The van der Waals surface area contributed by atoms with Gasteiger partial charge in [-0.1, -0.05) is 34.5 Å². The minimum absolute atomic E-state index is 0.435. The lowest BCUT2D eigenvalue weighted by Gasteiger charge is -2.08. The van der Waals surface area contributed by atoms with Crippen molar-refractivity contribution in [2.45, 2.75) is 19.9 Å². The molecule has 0 amide bonds. The van der Waals surface area contributed by atoms with Crippen molar-refractivity contribution in [2.75, 3.05) is 6.54 Å².